The number of rotatable bonds is 4. The summed E-state index contributed by atoms with van der Waals surface area (Å²) in [6.07, 6.45) is -7.93. The predicted molar refractivity (Wildman–Crippen MR) is 54.0 cm³/mol. The van der Waals surface area contributed by atoms with Crippen molar-refractivity contribution in [2.45, 2.75) is 25.3 Å². The maximum atomic E-state index is 12.7. The van der Waals surface area contributed by atoms with Crippen molar-refractivity contribution in [2.24, 2.45) is 5.92 Å². The Morgan fingerprint density at radius 1 is 1.05 bits per heavy atom. The third kappa shape index (κ3) is 4.05. The SMILES string of the molecule is CCNC(c1cncnc1)C(C(F)(F)F)C(F)(F)F. The van der Waals surface area contributed by atoms with Crippen LogP contribution >= 0.6 is 0 Å². The molecular formula is C10H11F6N3. The van der Waals surface area contributed by atoms with Crippen LogP contribution < -0.4 is 5.32 Å². The van der Waals surface area contributed by atoms with Gasteiger partial charge >= 0.3 is 12.4 Å². The first kappa shape index (κ1) is 15.7. The molecule has 0 fully saturated rings. The summed E-state index contributed by atoms with van der Waals surface area (Å²) in [6.45, 7) is 1.36. The van der Waals surface area contributed by atoms with Crippen LogP contribution in [0.1, 0.15) is 18.5 Å². The number of nitrogens with one attached hydrogen (secondary N) is 1. The summed E-state index contributed by atoms with van der Waals surface area (Å²) in [6, 6.07) is -1.97. The van der Waals surface area contributed by atoms with Gasteiger partial charge in [0, 0.05) is 18.0 Å². The quantitative estimate of drug-likeness (QED) is 0.865. The molecule has 0 spiro atoms. The van der Waals surface area contributed by atoms with Crippen LogP contribution in [0.15, 0.2) is 18.7 Å². The van der Waals surface area contributed by atoms with Crippen LogP contribution in [-0.4, -0.2) is 28.9 Å². The number of hydrogen-bond donors (Lipinski definition) is 1. The monoisotopic (exact) mass is 287 g/mol. The Bertz CT molecular complexity index is 374. The second-order valence-electron chi connectivity index (χ2n) is 3.77. The van der Waals surface area contributed by atoms with Crippen LogP contribution in [0.25, 0.3) is 0 Å². The van der Waals surface area contributed by atoms with E-state index in [0.29, 0.717) is 0 Å². The van der Waals surface area contributed by atoms with Crippen molar-refractivity contribution in [1.29, 1.82) is 0 Å². The Labute approximate surface area is 105 Å². The number of nitrogens with zero attached hydrogens (tertiary/aromatic N) is 2. The molecule has 0 aliphatic heterocycles. The van der Waals surface area contributed by atoms with Gasteiger partial charge < -0.3 is 5.32 Å². The van der Waals surface area contributed by atoms with Crippen LogP contribution in [0.2, 0.25) is 0 Å². The highest BCUT2D eigenvalue weighted by Gasteiger charge is 2.60. The standard InChI is InChI=1S/C10H11F6N3/c1-2-19-7(6-3-17-5-18-4-6)8(9(11,12)13)10(14,15)16/h3-5,7-8,19H,2H2,1H3. The summed E-state index contributed by atoms with van der Waals surface area (Å²) in [5, 5.41) is 2.19. The number of hydrogen-bond acceptors (Lipinski definition) is 3. The topological polar surface area (TPSA) is 37.8 Å². The molecule has 0 amide bonds. The van der Waals surface area contributed by atoms with Crippen LogP contribution in [0, 0.1) is 5.92 Å². The molecule has 0 aromatic carbocycles. The van der Waals surface area contributed by atoms with Gasteiger partial charge in [0.1, 0.15) is 6.33 Å². The lowest BCUT2D eigenvalue weighted by Gasteiger charge is -2.31. The van der Waals surface area contributed by atoms with Crippen molar-refractivity contribution in [1.82, 2.24) is 15.3 Å². The van der Waals surface area contributed by atoms with E-state index >= 15 is 0 Å². The average molecular weight is 287 g/mol. The van der Waals surface area contributed by atoms with Gasteiger partial charge in [0.25, 0.3) is 0 Å². The lowest BCUT2D eigenvalue weighted by Crippen LogP contribution is -2.45. The van der Waals surface area contributed by atoms with Crippen molar-refractivity contribution in [3.63, 3.8) is 0 Å². The van der Waals surface area contributed by atoms with Crippen molar-refractivity contribution in [3.8, 4) is 0 Å². The molecule has 1 unspecified atom stereocenters. The van der Waals surface area contributed by atoms with E-state index in [2.05, 4.69) is 15.3 Å². The minimum atomic E-state index is -5.42. The molecule has 1 atom stereocenters. The Kier molecular flexibility index (Phi) is 4.72. The molecule has 0 radical (unpaired) electrons. The molecule has 108 valence electrons. The molecule has 1 rings (SSSR count). The van der Waals surface area contributed by atoms with Crippen LogP contribution in [0.3, 0.4) is 0 Å². The first-order chi connectivity index (χ1) is 8.68. The summed E-state index contributed by atoms with van der Waals surface area (Å²) in [5.74, 6) is -3.51. The Morgan fingerprint density at radius 3 is 1.89 bits per heavy atom. The minimum Gasteiger partial charge on any atom is -0.309 e. The third-order valence-electron chi connectivity index (χ3n) is 2.40. The fourth-order valence-electron chi connectivity index (χ4n) is 1.68. The Morgan fingerprint density at radius 2 is 1.53 bits per heavy atom. The Balaban J connectivity index is 3.21. The van der Waals surface area contributed by atoms with E-state index in [-0.39, 0.29) is 12.1 Å². The third-order valence-corrected chi connectivity index (χ3v) is 2.40. The van der Waals surface area contributed by atoms with Gasteiger partial charge in [-0.05, 0) is 6.54 Å². The molecule has 1 heterocycles. The van der Waals surface area contributed by atoms with E-state index < -0.39 is 24.3 Å². The maximum Gasteiger partial charge on any atom is 0.402 e. The van der Waals surface area contributed by atoms with Gasteiger partial charge in [-0.1, -0.05) is 6.92 Å². The zero-order chi connectivity index (χ0) is 14.7. The molecule has 1 N–H and O–H groups in total. The summed E-state index contributed by atoms with van der Waals surface area (Å²) in [7, 11) is 0. The van der Waals surface area contributed by atoms with Gasteiger partial charge in [-0.2, -0.15) is 26.3 Å². The smallest absolute Gasteiger partial charge is 0.309 e. The molecule has 0 saturated carbocycles. The zero-order valence-electron chi connectivity index (χ0n) is 9.76. The van der Waals surface area contributed by atoms with E-state index in [1.807, 2.05) is 0 Å². The van der Waals surface area contributed by atoms with E-state index in [1.165, 1.54) is 6.92 Å². The van der Waals surface area contributed by atoms with Gasteiger partial charge in [0.15, 0.2) is 5.92 Å². The van der Waals surface area contributed by atoms with E-state index in [0.717, 1.165) is 18.7 Å². The van der Waals surface area contributed by atoms with Crippen LogP contribution in [0.5, 0.6) is 0 Å². The summed E-state index contributed by atoms with van der Waals surface area (Å²) < 4.78 is 76.0. The molecule has 0 saturated heterocycles. The van der Waals surface area contributed by atoms with Crippen molar-refractivity contribution >= 4 is 0 Å². The van der Waals surface area contributed by atoms with Gasteiger partial charge in [0.05, 0.1) is 6.04 Å². The largest absolute Gasteiger partial charge is 0.402 e. The lowest BCUT2D eigenvalue weighted by atomic mass is 9.93. The molecule has 19 heavy (non-hydrogen) atoms. The fraction of sp³-hybridized carbons (Fsp3) is 0.600. The highest BCUT2D eigenvalue weighted by molar-refractivity contribution is 5.12. The average Bonchev–Trinajstić information content (AvgIpc) is 2.26. The van der Waals surface area contributed by atoms with Crippen LogP contribution in [-0.2, 0) is 0 Å². The maximum absolute atomic E-state index is 12.7. The van der Waals surface area contributed by atoms with Crippen LogP contribution in [0.4, 0.5) is 26.3 Å². The summed E-state index contributed by atoms with van der Waals surface area (Å²) in [4.78, 5) is 6.90. The van der Waals surface area contributed by atoms with E-state index in [1.54, 1.807) is 0 Å². The van der Waals surface area contributed by atoms with Crippen molar-refractivity contribution in [3.05, 3.63) is 24.3 Å². The van der Waals surface area contributed by atoms with Gasteiger partial charge in [-0.3, -0.25) is 0 Å². The molecule has 0 aliphatic rings. The van der Waals surface area contributed by atoms with Gasteiger partial charge in [0.2, 0.25) is 0 Å². The molecule has 0 bridgehead atoms. The minimum absolute atomic E-state index is 0.0534. The molecule has 1 aromatic rings. The normalized spacial score (nSPS) is 14.7. The van der Waals surface area contributed by atoms with Crippen molar-refractivity contribution < 1.29 is 26.3 Å². The molecule has 9 heteroatoms. The van der Waals surface area contributed by atoms with Gasteiger partial charge in [-0.25, -0.2) is 9.97 Å². The number of alkyl halides is 6. The number of aromatic nitrogens is 2. The Hall–Kier alpha value is -1.38. The summed E-state index contributed by atoms with van der Waals surface area (Å²) >= 11 is 0. The molecular weight excluding hydrogens is 276 g/mol. The first-order valence-corrected chi connectivity index (χ1v) is 5.29. The second kappa shape index (κ2) is 5.72. The molecule has 3 nitrogen and oxygen atoms in total. The highest BCUT2D eigenvalue weighted by Crippen LogP contribution is 2.46. The first-order valence-electron chi connectivity index (χ1n) is 5.29. The van der Waals surface area contributed by atoms with Crippen molar-refractivity contribution in [2.75, 3.05) is 6.54 Å². The van der Waals surface area contributed by atoms with E-state index in [4.69, 9.17) is 0 Å². The molecule has 0 aliphatic carbocycles. The lowest BCUT2D eigenvalue weighted by molar-refractivity contribution is -0.292. The zero-order valence-corrected chi connectivity index (χ0v) is 9.76. The number of halogens is 6. The second-order valence-corrected chi connectivity index (χ2v) is 3.77. The predicted octanol–water partition coefficient (Wildman–Crippen LogP) is 2.87. The summed E-state index contributed by atoms with van der Waals surface area (Å²) in [5.41, 5.74) is -0.260. The molecule has 1 aromatic heterocycles. The highest BCUT2D eigenvalue weighted by atomic mass is 19.4. The van der Waals surface area contributed by atoms with E-state index in [9.17, 15) is 26.3 Å². The fourth-order valence-corrected chi connectivity index (χ4v) is 1.68. The van der Waals surface area contributed by atoms with Gasteiger partial charge in [-0.15, -0.1) is 0 Å².